The Hall–Kier alpha value is -0.670. The summed E-state index contributed by atoms with van der Waals surface area (Å²) in [5.74, 6) is 1.33. The van der Waals surface area contributed by atoms with E-state index in [1.807, 2.05) is 6.92 Å². The van der Waals surface area contributed by atoms with Crippen molar-refractivity contribution in [2.24, 2.45) is 34.0 Å². The number of carbonyl (C=O) groups excluding carboxylic acids is 1. The molecule has 0 heterocycles. The number of aliphatic hydroxyl groups excluding tert-OH is 2. The summed E-state index contributed by atoms with van der Waals surface area (Å²) >= 11 is 0. The standard InChI is InChI=1S/C20H30O3/c1-12-9-20-10-13(12)4-5-14(20)18(2)7-6-16(22)19(3,11-21)15(18)8-17(20)23/h13-15,17,21,23H,1,4-11H2,2-3H3/t13-,14-,15-,17+,18+,19-,20+/m1/s1. The molecule has 23 heavy (non-hydrogen) atoms. The Bertz CT molecular complexity index is 569. The quantitative estimate of drug-likeness (QED) is 0.731. The van der Waals surface area contributed by atoms with Crippen LogP contribution in [0.1, 0.15) is 58.8 Å². The first-order valence-corrected chi connectivity index (χ1v) is 9.28. The van der Waals surface area contributed by atoms with E-state index in [0.717, 1.165) is 25.7 Å². The van der Waals surface area contributed by atoms with Gasteiger partial charge in [0.25, 0.3) is 0 Å². The molecule has 3 heteroatoms. The second-order valence-electron chi connectivity index (χ2n) is 9.41. The van der Waals surface area contributed by atoms with Crippen LogP contribution in [-0.4, -0.2) is 28.7 Å². The summed E-state index contributed by atoms with van der Waals surface area (Å²) in [4.78, 5) is 12.6. The second-order valence-corrected chi connectivity index (χ2v) is 9.41. The maximum Gasteiger partial charge on any atom is 0.141 e. The van der Waals surface area contributed by atoms with Crippen molar-refractivity contribution in [1.82, 2.24) is 0 Å². The maximum absolute atomic E-state index is 12.6. The van der Waals surface area contributed by atoms with E-state index in [0.29, 0.717) is 24.7 Å². The van der Waals surface area contributed by atoms with Crippen LogP contribution in [0.15, 0.2) is 12.2 Å². The minimum absolute atomic E-state index is 0.0119. The molecular weight excluding hydrogens is 288 g/mol. The molecule has 0 aromatic heterocycles. The highest BCUT2D eigenvalue weighted by atomic mass is 16.3. The van der Waals surface area contributed by atoms with Crippen molar-refractivity contribution in [2.75, 3.05) is 6.61 Å². The number of Topliss-reactive ketones (excluding diaryl/α,β-unsaturated/α-hetero) is 1. The van der Waals surface area contributed by atoms with Crippen molar-refractivity contribution >= 4 is 5.78 Å². The molecule has 0 unspecified atom stereocenters. The first-order valence-electron chi connectivity index (χ1n) is 9.28. The number of hydrogen-bond donors (Lipinski definition) is 2. The topological polar surface area (TPSA) is 57.5 Å². The molecule has 4 aliphatic carbocycles. The van der Waals surface area contributed by atoms with Crippen LogP contribution in [0.3, 0.4) is 0 Å². The zero-order valence-corrected chi connectivity index (χ0v) is 14.5. The van der Waals surface area contributed by atoms with Crippen molar-refractivity contribution in [3.63, 3.8) is 0 Å². The van der Waals surface area contributed by atoms with Crippen molar-refractivity contribution in [3.8, 4) is 0 Å². The van der Waals surface area contributed by atoms with Gasteiger partial charge in [-0.1, -0.05) is 26.0 Å². The SMILES string of the molecule is C=C1C[C@]23C[C@H]1CC[C@@H]2[C@]1(C)CCC(=O)[C@](C)(CO)[C@@H]1C[C@@H]3O. The second kappa shape index (κ2) is 4.70. The molecule has 0 amide bonds. The first kappa shape index (κ1) is 15.8. The maximum atomic E-state index is 12.6. The van der Waals surface area contributed by atoms with Gasteiger partial charge in [-0.15, -0.1) is 0 Å². The normalized spacial score (nSPS) is 55.5. The lowest BCUT2D eigenvalue weighted by molar-refractivity contribution is -0.204. The predicted octanol–water partition coefficient (Wildman–Crippen LogP) is 3.10. The molecule has 0 saturated heterocycles. The van der Waals surface area contributed by atoms with Gasteiger partial charge in [0.15, 0.2) is 0 Å². The molecule has 2 N–H and O–H groups in total. The van der Waals surface area contributed by atoms with Crippen LogP contribution in [0.25, 0.3) is 0 Å². The molecule has 0 aliphatic heterocycles. The lowest BCUT2D eigenvalue weighted by Crippen LogP contribution is -2.64. The van der Waals surface area contributed by atoms with E-state index < -0.39 is 5.41 Å². The van der Waals surface area contributed by atoms with Crippen molar-refractivity contribution in [3.05, 3.63) is 12.2 Å². The average molecular weight is 318 g/mol. The zero-order chi connectivity index (χ0) is 16.6. The van der Waals surface area contributed by atoms with Gasteiger partial charge in [-0.2, -0.15) is 0 Å². The Morgan fingerprint density at radius 3 is 2.70 bits per heavy atom. The van der Waals surface area contributed by atoms with Gasteiger partial charge in [-0.25, -0.2) is 0 Å². The Morgan fingerprint density at radius 1 is 1.26 bits per heavy atom. The fraction of sp³-hybridized carbons (Fsp3) is 0.850. The van der Waals surface area contributed by atoms with E-state index in [9.17, 15) is 15.0 Å². The van der Waals surface area contributed by atoms with Gasteiger partial charge in [0.1, 0.15) is 5.78 Å². The summed E-state index contributed by atoms with van der Waals surface area (Å²) in [6.45, 7) is 8.48. The van der Waals surface area contributed by atoms with E-state index in [-0.39, 0.29) is 35.2 Å². The van der Waals surface area contributed by atoms with Gasteiger partial charge >= 0.3 is 0 Å². The number of fused-ring (bicyclic) bond motifs is 3. The molecule has 7 atom stereocenters. The van der Waals surface area contributed by atoms with Gasteiger partial charge in [0, 0.05) is 11.8 Å². The highest BCUT2D eigenvalue weighted by Crippen LogP contribution is 2.71. The number of allylic oxidation sites excluding steroid dienone is 1. The van der Waals surface area contributed by atoms with Crippen LogP contribution >= 0.6 is 0 Å². The van der Waals surface area contributed by atoms with E-state index in [2.05, 4.69) is 13.5 Å². The fourth-order valence-corrected chi connectivity index (χ4v) is 7.31. The first-order chi connectivity index (χ1) is 10.8. The van der Waals surface area contributed by atoms with E-state index in [1.165, 1.54) is 12.0 Å². The molecule has 4 rings (SSSR count). The smallest absolute Gasteiger partial charge is 0.141 e. The number of ketones is 1. The van der Waals surface area contributed by atoms with Gasteiger partial charge in [0.05, 0.1) is 18.1 Å². The minimum atomic E-state index is -0.679. The van der Waals surface area contributed by atoms with Crippen LogP contribution in [0.5, 0.6) is 0 Å². The Balaban J connectivity index is 1.80. The Kier molecular flexibility index (Phi) is 3.23. The van der Waals surface area contributed by atoms with Gasteiger partial charge in [-0.05, 0) is 61.7 Å². The molecule has 3 nitrogen and oxygen atoms in total. The van der Waals surface area contributed by atoms with Crippen LogP contribution in [0.4, 0.5) is 0 Å². The summed E-state index contributed by atoms with van der Waals surface area (Å²) in [6, 6.07) is 0. The molecular formula is C20H30O3. The van der Waals surface area contributed by atoms with Crippen LogP contribution in [0.2, 0.25) is 0 Å². The molecule has 2 bridgehead atoms. The van der Waals surface area contributed by atoms with Crippen LogP contribution < -0.4 is 0 Å². The molecule has 128 valence electrons. The summed E-state index contributed by atoms with van der Waals surface area (Å²) in [5, 5.41) is 21.1. The molecule has 4 saturated carbocycles. The fourth-order valence-electron chi connectivity index (χ4n) is 7.31. The third kappa shape index (κ3) is 1.76. The number of aliphatic hydroxyl groups is 2. The third-order valence-corrected chi connectivity index (χ3v) is 8.60. The van der Waals surface area contributed by atoms with Gasteiger partial charge in [-0.3, -0.25) is 4.79 Å². The number of rotatable bonds is 1. The largest absolute Gasteiger partial charge is 0.395 e. The lowest BCUT2D eigenvalue weighted by Gasteiger charge is -2.64. The van der Waals surface area contributed by atoms with Crippen molar-refractivity contribution in [1.29, 1.82) is 0 Å². The monoisotopic (exact) mass is 318 g/mol. The van der Waals surface area contributed by atoms with E-state index >= 15 is 0 Å². The average Bonchev–Trinajstić information content (AvgIpc) is 2.78. The Labute approximate surface area is 139 Å². The Morgan fingerprint density at radius 2 is 2.00 bits per heavy atom. The summed E-state index contributed by atoms with van der Waals surface area (Å²) < 4.78 is 0. The summed E-state index contributed by atoms with van der Waals surface area (Å²) in [7, 11) is 0. The molecule has 0 aromatic rings. The summed E-state index contributed by atoms with van der Waals surface area (Å²) in [6.07, 6.45) is 6.19. The summed E-state index contributed by atoms with van der Waals surface area (Å²) in [5.41, 5.74) is 0.704. The molecule has 4 fully saturated rings. The van der Waals surface area contributed by atoms with Gasteiger partial charge < -0.3 is 10.2 Å². The van der Waals surface area contributed by atoms with Crippen molar-refractivity contribution in [2.45, 2.75) is 64.9 Å². The van der Waals surface area contributed by atoms with Crippen LogP contribution in [-0.2, 0) is 4.79 Å². The predicted molar refractivity (Wildman–Crippen MR) is 88.7 cm³/mol. The molecule has 0 radical (unpaired) electrons. The number of hydrogen-bond acceptors (Lipinski definition) is 3. The lowest BCUT2D eigenvalue weighted by atomic mass is 9.40. The zero-order valence-electron chi connectivity index (χ0n) is 14.5. The highest BCUT2D eigenvalue weighted by molar-refractivity contribution is 5.86. The van der Waals surface area contributed by atoms with Gasteiger partial charge in [0.2, 0.25) is 0 Å². The molecule has 4 aliphatic rings. The number of carbonyl (C=O) groups is 1. The molecule has 0 aromatic carbocycles. The van der Waals surface area contributed by atoms with Crippen molar-refractivity contribution < 1.29 is 15.0 Å². The van der Waals surface area contributed by atoms with Crippen LogP contribution in [0, 0.1) is 34.0 Å². The third-order valence-electron chi connectivity index (χ3n) is 8.60. The molecule has 1 spiro atoms. The minimum Gasteiger partial charge on any atom is -0.395 e. The highest BCUT2D eigenvalue weighted by Gasteiger charge is 2.68. The van der Waals surface area contributed by atoms with E-state index in [1.54, 1.807) is 0 Å². The van der Waals surface area contributed by atoms with E-state index in [4.69, 9.17) is 0 Å².